The van der Waals surface area contributed by atoms with Crippen LogP contribution in [0.5, 0.6) is 5.75 Å². The Morgan fingerprint density at radius 1 is 1.47 bits per heavy atom. The van der Waals surface area contributed by atoms with Gasteiger partial charge in [0, 0.05) is 12.5 Å². The van der Waals surface area contributed by atoms with Crippen molar-refractivity contribution in [1.29, 1.82) is 0 Å². The van der Waals surface area contributed by atoms with Gasteiger partial charge in [-0.2, -0.15) is 0 Å². The molecular formula is C13H18N2O2. The fourth-order valence-electron chi connectivity index (χ4n) is 1.87. The van der Waals surface area contributed by atoms with E-state index in [0.29, 0.717) is 13.0 Å². The predicted octanol–water partition coefficient (Wildman–Crippen LogP) is 1.36. The Bertz CT molecular complexity index is 387. The van der Waals surface area contributed by atoms with Crippen LogP contribution in [0.3, 0.4) is 0 Å². The molecule has 1 aromatic rings. The van der Waals surface area contributed by atoms with E-state index in [1.54, 1.807) is 0 Å². The zero-order valence-electron chi connectivity index (χ0n) is 9.98. The third kappa shape index (κ3) is 3.20. The van der Waals surface area contributed by atoms with Crippen LogP contribution in [0.2, 0.25) is 0 Å². The molecule has 0 bridgehead atoms. The van der Waals surface area contributed by atoms with E-state index in [9.17, 15) is 4.79 Å². The van der Waals surface area contributed by atoms with Crippen LogP contribution >= 0.6 is 0 Å². The Hall–Kier alpha value is -1.55. The molecular weight excluding hydrogens is 216 g/mol. The second kappa shape index (κ2) is 5.19. The average molecular weight is 234 g/mol. The molecule has 1 fully saturated rings. The molecule has 4 heteroatoms. The van der Waals surface area contributed by atoms with Crippen molar-refractivity contribution in [3.8, 4) is 5.75 Å². The second-order valence-electron chi connectivity index (χ2n) is 4.47. The maximum atomic E-state index is 11.0. The molecule has 17 heavy (non-hydrogen) atoms. The molecule has 1 aliphatic rings. The van der Waals surface area contributed by atoms with Crippen molar-refractivity contribution in [3.63, 3.8) is 0 Å². The van der Waals surface area contributed by atoms with Gasteiger partial charge in [-0.25, -0.2) is 0 Å². The third-order valence-electron chi connectivity index (χ3n) is 2.94. The van der Waals surface area contributed by atoms with Gasteiger partial charge in [-0.1, -0.05) is 12.1 Å². The summed E-state index contributed by atoms with van der Waals surface area (Å²) in [5.41, 5.74) is 6.85. The predicted molar refractivity (Wildman–Crippen MR) is 65.7 cm³/mol. The minimum atomic E-state index is 0.0400. The smallest absolute Gasteiger partial charge is 0.220 e. The molecule has 1 aliphatic heterocycles. The largest absolute Gasteiger partial charge is 0.491 e. The minimum absolute atomic E-state index is 0.0400. The summed E-state index contributed by atoms with van der Waals surface area (Å²) in [5, 5.41) is 2.87. The lowest BCUT2D eigenvalue weighted by molar-refractivity contribution is -0.119. The highest BCUT2D eigenvalue weighted by molar-refractivity contribution is 5.78. The molecule has 2 unspecified atom stereocenters. The van der Waals surface area contributed by atoms with Crippen molar-refractivity contribution in [2.45, 2.75) is 31.8 Å². The van der Waals surface area contributed by atoms with Gasteiger partial charge in [0.1, 0.15) is 12.4 Å². The summed E-state index contributed by atoms with van der Waals surface area (Å²) >= 11 is 0. The number of rotatable bonds is 4. The number of ether oxygens (including phenoxy) is 1. The van der Waals surface area contributed by atoms with Gasteiger partial charge in [0.25, 0.3) is 0 Å². The van der Waals surface area contributed by atoms with Crippen LogP contribution in [-0.4, -0.2) is 18.6 Å². The highest BCUT2D eigenvalue weighted by atomic mass is 16.5. The average Bonchev–Trinajstić information content (AvgIpc) is 2.73. The molecule has 0 radical (unpaired) electrons. The van der Waals surface area contributed by atoms with Crippen molar-refractivity contribution in [2.24, 2.45) is 5.73 Å². The molecule has 3 N–H and O–H groups in total. The maximum absolute atomic E-state index is 11.0. The van der Waals surface area contributed by atoms with Crippen LogP contribution in [0, 0.1) is 0 Å². The molecule has 0 aliphatic carbocycles. The molecule has 1 aromatic carbocycles. The lowest BCUT2D eigenvalue weighted by Crippen LogP contribution is -2.30. The lowest BCUT2D eigenvalue weighted by atomic mass is 10.1. The fraction of sp³-hybridized carbons (Fsp3) is 0.462. The normalized spacial score (nSPS) is 21.1. The van der Waals surface area contributed by atoms with Gasteiger partial charge >= 0.3 is 0 Å². The number of amides is 1. The zero-order valence-corrected chi connectivity index (χ0v) is 9.98. The number of nitrogens with two attached hydrogens (primary N) is 1. The number of carbonyl (C=O) groups excluding carboxylic acids is 1. The van der Waals surface area contributed by atoms with E-state index in [0.717, 1.165) is 17.7 Å². The summed E-state index contributed by atoms with van der Waals surface area (Å²) in [7, 11) is 0. The minimum Gasteiger partial charge on any atom is -0.491 e. The lowest BCUT2D eigenvalue weighted by Gasteiger charge is -2.12. The molecule has 2 atom stereocenters. The van der Waals surface area contributed by atoms with Gasteiger partial charge in [0.15, 0.2) is 0 Å². The number of hydrogen-bond donors (Lipinski definition) is 2. The summed E-state index contributed by atoms with van der Waals surface area (Å²) in [4.78, 5) is 11.0. The van der Waals surface area contributed by atoms with E-state index in [1.807, 2.05) is 31.2 Å². The first kappa shape index (κ1) is 11.9. The van der Waals surface area contributed by atoms with E-state index in [1.165, 1.54) is 0 Å². The van der Waals surface area contributed by atoms with Crippen molar-refractivity contribution in [2.75, 3.05) is 6.61 Å². The fourth-order valence-corrected chi connectivity index (χ4v) is 1.87. The van der Waals surface area contributed by atoms with E-state index in [2.05, 4.69) is 5.32 Å². The van der Waals surface area contributed by atoms with E-state index in [-0.39, 0.29) is 18.0 Å². The Morgan fingerprint density at radius 3 is 2.71 bits per heavy atom. The molecule has 0 aromatic heterocycles. The van der Waals surface area contributed by atoms with Crippen LogP contribution in [-0.2, 0) is 4.79 Å². The summed E-state index contributed by atoms with van der Waals surface area (Å²) < 4.78 is 5.62. The molecule has 1 heterocycles. The van der Waals surface area contributed by atoms with Crippen molar-refractivity contribution in [1.82, 2.24) is 5.32 Å². The van der Waals surface area contributed by atoms with Crippen LogP contribution < -0.4 is 15.8 Å². The molecule has 4 nitrogen and oxygen atoms in total. The summed E-state index contributed by atoms with van der Waals surface area (Å²) in [6.45, 7) is 2.48. The zero-order chi connectivity index (χ0) is 12.3. The SMILES string of the molecule is CC(N)c1ccc(OCC2CCC(=O)N2)cc1. The topological polar surface area (TPSA) is 64.3 Å². The summed E-state index contributed by atoms with van der Waals surface area (Å²) in [6, 6.07) is 7.94. The quantitative estimate of drug-likeness (QED) is 0.826. The number of carbonyl (C=O) groups is 1. The van der Waals surface area contributed by atoms with Crippen molar-refractivity contribution >= 4 is 5.91 Å². The summed E-state index contributed by atoms with van der Waals surface area (Å²) in [5.74, 6) is 0.932. The molecule has 1 saturated heterocycles. The molecule has 1 amide bonds. The Morgan fingerprint density at radius 2 is 2.18 bits per heavy atom. The van der Waals surface area contributed by atoms with Gasteiger partial charge in [-0.05, 0) is 31.0 Å². The second-order valence-corrected chi connectivity index (χ2v) is 4.47. The van der Waals surface area contributed by atoms with Crippen LogP contribution in [0.15, 0.2) is 24.3 Å². The van der Waals surface area contributed by atoms with Crippen molar-refractivity contribution < 1.29 is 9.53 Å². The molecule has 92 valence electrons. The van der Waals surface area contributed by atoms with Gasteiger partial charge in [0.2, 0.25) is 5.91 Å². The van der Waals surface area contributed by atoms with Gasteiger partial charge in [-0.3, -0.25) is 4.79 Å². The first-order valence-electron chi connectivity index (χ1n) is 5.93. The van der Waals surface area contributed by atoms with Crippen LogP contribution in [0.1, 0.15) is 31.4 Å². The van der Waals surface area contributed by atoms with E-state index < -0.39 is 0 Å². The molecule has 2 rings (SSSR count). The van der Waals surface area contributed by atoms with Gasteiger partial charge in [-0.15, -0.1) is 0 Å². The Kier molecular flexibility index (Phi) is 3.64. The number of benzene rings is 1. The first-order chi connectivity index (χ1) is 8.15. The highest BCUT2D eigenvalue weighted by Gasteiger charge is 2.20. The Balaban J connectivity index is 1.85. The maximum Gasteiger partial charge on any atom is 0.220 e. The third-order valence-corrected chi connectivity index (χ3v) is 2.94. The Labute approximate surface area is 101 Å². The standard InChI is InChI=1S/C13H18N2O2/c1-9(14)10-2-5-12(6-3-10)17-8-11-4-7-13(16)15-11/h2-3,5-6,9,11H,4,7-8,14H2,1H3,(H,15,16). The van der Waals surface area contributed by atoms with E-state index in [4.69, 9.17) is 10.5 Å². The molecule has 0 spiro atoms. The highest BCUT2D eigenvalue weighted by Crippen LogP contribution is 2.17. The van der Waals surface area contributed by atoms with E-state index >= 15 is 0 Å². The van der Waals surface area contributed by atoms with Gasteiger partial charge < -0.3 is 15.8 Å². The van der Waals surface area contributed by atoms with Crippen LogP contribution in [0.4, 0.5) is 0 Å². The number of nitrogens with one attached hydrogen (secondary N) is 1. The van der Waals surface area contributed by atoms with Crippen molar-refractivity contribution in [3.05, 3.63) is 29.8 Å². The molecule has 0 saturated carbocycles. The monoisotopic (exact) mass is 234 g/mol. The summed E-state index contributed by atoms with van der Waals surface area (Å²) in [6.07, 6.45) is 1.47. The number of hydrogen-bond acceptors (Lipinski definition) is 3. The van der Waals surface area contributed by atoms with Gasteiger partial charge in [0.05, 0.1) is 6.04 Å². The van der Waals surface area contributed by atoms with Crippen LogP contribution in [0.25, 0.3) is 0 Å². The first-order valence-corrected chi connectivity index (χ1v) is 5.93.